The molecule has 1 heterocycles. The molecule has 0 amide bonds. The van der Waals surface area contributed by atoms with Crippen molar-refractivity contribution in [1.82, 2.24) is 4.98 Å². The van der Waals surface area contributed by atoms with Crippen molar-refractivity contribution in [3.63, 3.8) is 0 Å². The van der Waals surface area contributed by atoms with Crippen LogP contribution in [0.5, 0.6) is 5.88 Å². The summed E-state index contributed by atoms with van der Waals surface area (Å²) in [7, 11) is 0. The molecule has 2 aliphatic rings. The molecule has 1 saturated carbocycles. The van der Waals surface area contributed by atoms with Gasteiger partial charge in [0, 0.05) is 5.69 Å². The SMILES string of the molecule is N#Cc1cc2c(nc1OCC1CC1)CCC2. The van der Waals surface area contributed by atoms with Gasteiger partial charge in [0.05, 0.1) is 6.61 Å². The largest absolute Gasteiger partial charge is 0.476 e. The molecular weight excluding hydrogens is 200 g/mol. The van der Waals surface area contributed by atoms with E-state index in [1.54, 1.807) is 0 Å². The van der Waals surface area contributed by atoms with Crippen molar-refractivity contribution in [2.75, 3.05) is 6.61 Å². The van der Waals surface area contributed by atoms with Gasteiger partial charge < -0.3 is 4.74 Å². The zero-order valence-electron chi connectivity index (χ0n) is 9.20. The Morgan fingerprint density at radius 3 is 3.06 bits per heavy atom. The van der Waals surface area contributed by atoms with E-state index in [-0.39, 0.29) is 0 Å². The molecule has 0 N–H and O–H groups in total. The van der Waals surface area contributed by atoms with Gasteiger partial charge >= 0.3 is 0 Å². The van der Waals surface area contributed by atoms with Gasteiger partial charge in [-0.1, -0.05) is 0 Å². The Bertz CT molecular complexity index is 458. The molecule has 0 radical (unpaired) electrons. The van der Waals surface area contributed by atoms with Gasteiger partial charge in [-0.15, -0.1) is 0 Å². The Labute approximate surface area is 95.1 Å². The van der Waals surface area contributed by atoms with Gasteiger partial charge in [0.2, 0.25) is 5.88 Å². The Morgan fingerprint density at radius 2 is 2.31 bits per heavy atom. The highest BCUT2D eigenvalue weighted by Crippen LogP contribution is 2.31. The number of hydrogen-bond acceptors (Lipinski definition) is 3. The first-order valence-electron chi connectivity index (χ1n) is 5.92. The molecule has 2 aliphatic carbocycles. The lowest BCUT2D eigenvalue weighted by Crippen LogP contribution is -2.04. The highest BCUT2D eigenvalue weighted by Gasteiger charge is 2.23. The molecule has 82 valence electrons. The van der Waals surface area contributed by atoms with Crippen molar-refractivity contribution in [2.45, 2.75) is 32.1 Å². The molecule has 3 rings (SSSR count). The minimum atomic E-state index is 0.551. The molecule has 0 aromatic carbocycles. The fourth-order valence-electron chi connectivity index (χ4n) is 2.12. The van der Waals surface area contributed by atoms with Gasteiger partial charge in [-0.3, -0.25) is 0 Å². The molecule has 0 bridgehead atoms. The van der Waals surface area contributed by atoms with E-state index in [1.165, 1.54) is 18.4 Å². The second-order valence-electron chi connectivity index (χ2n) is 4.67. The highest BCUT2D eigenvalue weighted by molar-refractivity contribution is 5.44. The van der Waals surface area contributed by atoms with Crippen LogP contribution in [0.2, 0.25) is 0 Å². The van der Waals surface area contributed by atoms with Gasteiger partial charge in [0.25, 0.3) is 0 Å². The summed E-state index contributed by atoms with van der Waals surface area (Å²) in [5.41, 5.74) is 2.96. The van der Waals surface area contributed by atoms with Crippen molar-refractivity contribution >= 4 is 0 Å². The zero-order valence-corrected chi connectivity index (χ0v) is 9.20. The number of aromatic nitrogens is 1. The predicted octanol–water partition coefficient (Wildman–Crippen LogP) is 2.23. The average Bonchev–Trinajstić information content (AvgIpc) is 3.02. The lowest BCUT2D eigenvalue weighted by atomic mass is 10.1. The van der Waals surface area contributed by atoms with E-state index in [2.05, 4.69) is 11.1 Å². The van der Waals surface area contributed by atoms with Crippen LogP contribution in [0.15, 0.2) is 6.07 Å². The molecule has 0 spiro atoms. The molecular formula is C13H14N2O. The summed E-state index contributed by atoms with van der Waals surface area (Å²) in [5.74, 6) is 1.25. The van der Waals surface area contributed by atoms with Crippen LogP contribution in [-0.2, 0) is 12.8 Å². The lowest BCUT2D eigenvalue weighted by molar-refractivity contribution is 0.287. The van der Waals surface area contributed by atoms with E-state index >= 15 is 0 Å². The van der Waals surface area contributed by atoms with Gasteiger partial charge in [0.1, 0.15) is 11.6 Å². The zero-order chi connectivity index (χ0) is 11.0. The highest BCUT2D eigenvalue weighted by atomic mass is 16.5. The molecule has 3 nitrogen and oxygen atoms in total. The molecule has 0 saturated heterocycles. The normalized spacial score (nSPS) is 17.9. The van der Waals surface area contributed by atoms with Crippen LogP contribution in [0, 0.1) is 17.2 Å². The number of nitrogens with zero attached hydrogens (tertiary/aromatic N) is 2. The molecule has 1 aromatic rings. The van der Waals surface area contributed by atoms with Crippen LogP contribution in [0.4, 0.5) is 0 Å². The van der Waals surface area contributed by atoms with E-state index in [0.717, 1.165) is 31.6 Å². The molecule has 0 aliphatic heterocycles. The second-order valence-corrected chi connectivity index (χ2v) is 4.67. The number of fused-ring (bicyclic) bond motifs is 1. The molecule has 3 heteroatoms. The van der Waals surface area contributed by atoms with Crippen LogP contribution >= 0.6 is 0 Å². The first kappa shape index (κ1) is 9.65. The van der Waals surface area contributed by atoms with Crippen molar-refractivity contribution in [3.05, 3.63) is 22.9 Å². The predicted molar refractivity (Wildman–Crippen MR) is 59.2 cm³/mol. The van der Waals surface area contributed by atoms with E-state index in [0.29, 0.717) is 17.4 Å². The van der Waals surface area contributed by atoms with Crippen LogP contribution in [0.25, 0.3) is 0 Å². The third-order valence-electron chi connectivity index (χ3n) is 3.29. The minimum absolute atomic E-state index is 0.551. The van der Waals surface area contributed by atoms with Crippen LogP contribution < -0.4 is 4.74 Å². The smallest absolute Gasteiger partial charge is 0.231 e. The maximum absolute atomic E-state index is 9.06. The monoisotopic (exact) mass is 214 g/mol. The summed E-state index contributed by atoms with van der Waals surface area (Å²) >= 11 is 0. The van der Waals surface area contributed by atoms with Gasteiger partial charge in [0.15, 0.2) is 0 Å². The number of pyridine rings is 1. The van der Waals surface area contributed by atoms with Crippen molar-refractivity contribution in [3.8, 4) is 11.9 Å². The number of rotatable bonds is 3. The Balaban J connectivity index is 1.86. The average molecular weight is 214 g/mol. The van der Waals surface area contributed by atoms with E-state index < -0.39 is 0 Å². The Hall–Kier alpha value is -1.56. The van der Waals surface area contributed by atoms with Crippen molar-refractivity contribution < 1.29 is 4.74 Å². The first-order chi connectivity index (χ1) is 7.86. The van der Waals surface area contributed by atoms with Crippen LogP contribution in [0.3, 0.4) is 0 Å². The number of hydrogen-bond donors (Lipinski definition) is 0. The topological polar surface area (TPSA) is 45.9 Å². The van der Waals surface area contributed by atoms with E-state index in [9.17, 15) is 0 Å². The number of ether oxygens (including phenoxy) is 1. The number of aryl methyl sites for hydroxylation is 2. The maximum Gasteiger partial charge on any atom is 0.231 e. The standard InChI is InChI=1S/C13H14N2O/c14-7-11-6-10-2-1-3-12(10)15-13(11)16-8-9-4-5-9/h6,9H,1-5,8H2. The molecule has 0 atom stereocenters. The quantitative estimate of drug-likeness (QED) is 0.775. The fourth-order valence-corrected chi connectivity index (χ4v) is 2.12. The summed E-state index contributed by atoms with van der Waals surface area (Å²) < 4.78 is 5.64. The van der Waals surface area contributed by atoms with Gasteiger partial charge in [-0.2, -0.15) is 5.26 Å². The molecule has 1 fully saturated rings. The maximum atomic E-state index is 9.06. The third-order valence-corrected chi connectivity index (χ3v) is 3.29. The Kier molecular flexibility index (Phi) is 2.28. The Morgan fingerprint density at radius 1 is 1.44 bits per heavy atom. The summed E-state index contributed by atoms with van der Waals surface area (Å²) in [6, 6.07) is 4.14. The summed E-state index contributed by atoms with van der Waals surface area (Å²) in [6.45, 7) is 0.723. The van der Waals surface area contributed by atoms with Gasteiger partial charge in [-0.25, -0.2) is 4.98 Å². The summed E-state index contributed by atoms with van der Waals surface area (Å²) in [6.07, 6.45) is 5.75. The third kappa shape index (κ3) is 1.76. The number of nitriles is 1. The van der Waals surface area contributed by atoms with Crippen molar-refractivity contribution in [2.24, 2.45) is 5.92 Å². The molecule has 0 unspecified atom stereocenters. The molecule has 16 heavy (non-hydrogen) atoms. The summed E-state index contributed by atoms with van der Waals surface area (Å²) in [5, 5.41) is 9.06. The van der Waals surface area contributed by atoms with Crippen LogP contribution in [-0.4, -0.2) is 11.6 Å². The van der Waals surface area contributed by atoms with Gasteiger partial charge in [-0.05, 0) is 49.7 Å². The van der Waals surface area contributed by atoms with E-state index in [4.69, 9.17) is 10.00 Å². The minimum Gasteiger partial charge on any atom is -0.476 e. The van der Waals surface area contributed by atoms with Crippen molar-refractivity contribution in [1.29, 1.82) is 5.26 Å². The fraction of sp³-hybridized carbons (Fsp3) is 0.538. The second kappa shape index (κ2) is 3.79. The first-order valence-corrected chi connectivity index (χ1v) is 5.92. The van der Waals surface area contributed by atoms with Crippen LogP contribution in [0.1, 0.15) is 36.1 Å². The molecule has 1 aromatic heterocycles. The summed E-state index contributed by atoms with van der Waals surface area (Å²) in [4.78, 5) is 4.48. The lowest BCUT2D eigenvalue weighted by Gasteiger charge is -2.08. The van der Waals surface area contributed by atoms with E-state index in [1.807, 2.05) is 6.07 Å².